The quantitative estimate of drug-likeness (QED) is 0.573. The van der Waals surface area contributed by atoms with Crippen molar-refractivity contribution < 1.29 is 33.2 Å². The van der Waals surface area contributed by atoms with Gasteiger partial charge in [-0.25, -0.2) is 4.79 Å². The van der Waals surface area contributed by atoms with Crippen molar-refractivity contribution in [2.75, 3.05) is 41.7 Å². The predicted octanol–water partition coefficient (Wildman–Crippen LogP) is 3.66. The van der Waals surface area contributed by atoms with Crippen molar-refractivity contribution in [3.8, 4) is 23.0 Å². The Morgan fingerprint density at radius 2 is 1.04 bits per heavy atom. The molecule has 0 radical (unpaired) electrons. The topological polar surface area (TPSA) is 72.5 Å². The van der Waals surface area contributed by atoms with E-state index in [1.165, 1.54) is 0 Å². The number of hydrogen-bond donors (Lipinski definition) is 0. The zero-order chi connectivity index (χ0) is 20.4. The number of carbonyl (C=O) groups excluding carboxylic acids is 1. The standard InChI is InChI=1S/C21H26O7/c1-23-17-7-5-15(13-19(17)25-3)9-11-27-21(22)28-12-10-16-6-8-18(24-2)20(14-16)26-4/h5-8,13-14H,9-12H2,1-4H3. The monoisotopic (exact) mass is 390 g/mol. The van der Waals surface area contributed by atoms with Crippen molar-refractivity contribution in [3.05, 3.63) is 47.5 Å². The Hall–Kier alpha value is -3.09. The van der Waals surface area contributed by atoms with Crippen LogP contribution in [0.4, 0.5) is 4.79 Å². The second kappa shape index (κ2) is 10.9. The summed E-state index contributed by atoms with van der Waals surface area (Å²) in [6.45, 7) is 0.426. The molecule has 0 unspecified atom stereocenters. The highest BCUT2D eigenvalue weighted by molar-refractivity contribution is 5.59. The third-order valence-corrected chi connectivity index (χ3v) is 4.12. The van der Waals surface area contributed by atoms with E-state index in [0.717, 1.165) is 11.1 Å². The second-order valence-corrected chi connectivity index (χ2v) is 5.83. The third-order valence-electron chi connectivity index (χ3n) is 4.12. The van der Waals surface area contributed by atoms with Crippen molar-refractivity contribution in [2.24, 2.45) is 0 Å². The lowest BCUT2D eigenvalue weighted by atomic mass is 10.1. The minimum absolute atomic E-state index is 0.213. The average Bonchev–Trinajstić information content (AvgIpc) is 2.73. The largest absolute Gasteiger partial charge is 0.508 e. The van der Waals surface area contributed by atoms with Crippen LogP contribution in [0.15, 0.2) is 36.4 Å². The molecular weight excluding hydrogens is 364 g/mol. The van der Waals surface area contributed by atoms with Crippen LogP contribution in [0.3, 0.4) is 0 Å². The van der Waals surface area contributed by atoms with Gasteiger partial charge in [0.2, 0.25) is 0 Å². The molecule has 2 aromatic rings. The fourth-order valence-electron chi connectivity index (χ4n) is 2.62. The van der Waals surface area contributed by atoms with Crippen LogP contribution in [0.5, 0.6) is 23.0 Å². The van der Waals surface area contributed by atoms with Gasteiger partial charge in [0.05, 0.1) is 41.7 Å². The molecule has 0 bridgehead atoms. The first-order valence-electron chi connectivity index (χ1n) is 8.82. The molecule has 0 aromatic heterocycles. The molecule has 0 heterocycles. The Labute approximate surface area is 165 Å². The van der Waals surface area contributed by atoms with E-state index in [4.69, 9.17) is 28.4 Å². The van der Waals surface area contributed by atoms with Gasteiger partial charge in [-0.3, -0.25) is 0 Å². The zero-order valence-electron chi connectivity index (χ0n) is 16.7. The lowest BCUT2D eigenvalue weighted by molar-refractivity contribution is 0.0569. The van der Waals surface area contributed by atoms with E-state index in [1.54, 1.807) is 28.4 Å². The van der Waals surface area contributed by atoms with Crippen LogP contribution in [0, 0.1) is 0 Å². The van der Waals surface area contributed by atoms with Gasteiger partial charge >= 0.3 is 6.16 Å². The van der Waals surface area contributed by atoms with Crippen LogP contribution in [0.25, 0.3) is 0 Å². The van der Waals surface area contributed by atoms with Gasteiger partial charge in [0, 0.05) is 12.8 Å². The molecule has 2 aromatic carbocycles. The highest BCUT2D eigenvalue weighted by Crippen LogP contribution is 2.28. The number of ether oxygens (including phenoxy) is 6. The van der Waals surface area contributed by atoms with Gasteiger partial charge < -0.3 is 28.4 Å². The van der Waals surface area contributed by atoms with Gasteiger partial charge in [0.15, 0.2) is 23.0 Å². The van der Waals surface area contributed by atoms with Crippen molar-refractivity contribution >= 4 is 6.16 Å². The van der Waals surface area contributed by atoms with E-state index >= 15 is 0 Å². The van der Waals surface area contributed by atoms with Crippen molar-refractivity contribution in [1.29, 1.82) is 0 Å². The Kier molecular flexibility index (Phi) is 8.27. The fraction of sp³-hybridized carbons (Fsp3) is 0.381. The van der Waals surface area contributed by atoms with Crippen LogP contribution in [-0.2, 0) is 22.3 Å². The van der Waals surface area contributed by atoms with Crippen LogP contribution in [0.2, 0.25) is 0 Å². The maximum Gasteiger partial charge on any atom is 0.508 e. The SMILES string of the molecule is COc1ccc(CCOC(=O)OCCc2ccc(OC)c(OC)c2)cc1OC. The zero-order valence-corrected chi connectivity index (χ0v) is 16.7. The number of benzene rings is 2. The van der Waals surface area contributed by atoms with Gasteiger partial charge in [-0.1, -0.05) is 12.1 Å². The molecule has 0 saturated carbocycles. The van der Waals surface area contributed by atoms with Crippen LogP contribution >= 0.6 is 0 Å². The molecule has 0 fully saturated rings. The molecule has 7 nitrogen and oxygen atoms in total. The smallest absolute Gasteiger partial charge is 0.493 e. The molecule has 0 saturated heterocycles. The van der Waals surface area contributed by atoms with Gasteiger partial charge in [-0.05, 0) is 35.4 Å². The van der Waals surface area contributed by atoms with Crippen molar-refractivity contribution in [3.63, 3.8) is 0 Å². The molecule has 28 heavy (non-hydrogen) atoms. The molecule has 7 heteroatoms. The minimum atomic E-state index is -0.694. The summed E-state index contributed by atoms with van der Waals surface area (Å²) in [4.78, 5) is 11.7. The maximum atomic E-state index is 11.7. The van der Waals surface area contributed by atoms with E-state index in [0.29, 0.717) is 35.8 Å². The maximum absolute atomic E-state index is 11.7. The summed E-state index contributed by atoms with van der Waals surface area (Å²) in [5.74, 6) is 2.58. The first-order chi connectivity index (χ1) is 13.6. The van der Waals surface area contributed by atoms with Crippen LogP contribution < -0.4 is 18.9 Å². The molecule has 0 spiro atoms. The summed E-state index contributed by atoms with van der Waals surface area (Å²) in [6.07, 6.45) is 0.400. The summed E-state index contributed by atoms with van der Waals surface area (Å²) in [7, 11) is 6.32. The van der Waals surface area contributed by atoms with Gasteiger partial charge in [-0.2, -0.15) is 0 Å². The third kappa shape index (κ3) is 5.97. The first kappa shape index (κ1) is 21.2. The summed E-state index contributed by atoms with van der Waals surface area (Å²) < 4.78 is 31.1. The molecule has 0 atom stereocenters. The van der Waals surface area contributed by atoms with Gasteiger partial charge in [-0.15, -0.1) is 0 Å². The lowest BCUT2D eigenvalue weighted by Gasteiger charge is -2.11. The average molecular weight is 390 g/mol. The molecule has 152 valence electrons. The molecule has 0 aliphatic carbocycles. The molecule has 0 N–H and O–H groups in total. The Morgan fingerprint density at radius 1 is 0.643 bits per heavy atom. The van der Waals surface area contributed by atoms with Gasteiger partial charge in [0.1, 0.15) is 0 Å². The van der Waals surface area contributed by atoms with E-state index in [2.05, 4.69) is 0 Å². The first-order valence-corrected chi connectivity index (χ1v) is 8.82. The summed E-state index contributed by atoms with van der Waals surface area (Å²) in [6, 6.07) is 11.1. The second-order valence-electron chi connectivity index (χ2n) is 5.83. The summed E-state index contributed by atoms with van der Waals surface area (Å²) in [5.41, 5.74) is 1.94. The Bertz CT molecular complexity index is 710. The molecule has 0 aliphatic rings. The Morgan fingerprint density at radius 3 is 1.39 bits per heavy atom. The fourth-order valence-corrected chi connectivity index (χ4v) is 2.62. The van der Waals surface area contributed by atoms with E-state index in [-0.39, 0.29) is 13.2 Å². The normalized spacial score (nSPS) is 10.1. The van der Waals surface area contributed by atoms with E-state index in [1.807, 2.05) is 36.4 Å². The van der Waals surface area contributed by atoms with Crippen molar-refractivity contribution in [1.82, 2.24) is 0 Å². The molecular formula is C21H26O7. The predicted molar refractivity (Wildman–Crippen MR) is 104 cm³/mol. The Balaban J connectivity index is 1.73. The van der Waals surface area contributed by atoms with Crippen LogP contribution in [-0.4, -0.2) is 47.8 Å². The molecule has 2 rings (SSSR count). The molecule has 0 aliphatic heterocycles. The van der Waals surface area contributed by atoms with E-state index < -0.39 is 6.16 Å². The number of rotatable bonds is 10. The summed E-state index contributed by atoms with van der Waals surface area (Å²) in [5, 5.41) is 0. The lowest BCUT2D eigenvalue weighted by Crippen LogP contribution is -2.12. The summed E-state index contributed by atoms with van der Waals surface area (Å²) >= 11 is 0. The minimum Gasteiger partial charge on any atom is -0.493 e. The number of carbonyl (C=O) groups is 1. The number of methoxy groups -OCH3 is 4. The van der Waals surface area contributed by atoms with E-state index in [9.17, 15) is 4.79 Å². The van der Waals surface area contributed by atoms with Gasteiger partial charge in [0.25, 0.3) is 0 Å². The van der Waals surface area contributed by atoms with Crippen LogP contribution in [0.1, 0.15) is 11.1 Å². The highest BCUT2D eigenvalue weighted by atomic mass is 16.7. The number of hydrogen-bond acceptors (Lipinski definition) is 7. The van der Waals surface area contributed by atoms with Crippen molar-refractivity contribution in [2.45, 2.75) is 12.8 Å². The highest BCUT2D eigenvalue weighted by Gasteiger charge is 2.08. The molecule has 0 amide bonds.